The van der Waals surface area contributed by atoms with Gasteiger partial charge in [-0.1, -0.05) is 32.4 Å². The number of phenolic OH excluding ortho intramolecular Hbond substituents is 2. The topological polar surface area (TPSA) is 108 Å². The molecule has 3 aliphatic rings. The predicted octanol–water partition coefficient (Wildman–Crippen LogP) is 5.14. The van der Waals surface area contributed by atoms with Gasteiger partial charge in [0.15, 0.2) is 11.5 Å². The number of ketones is 1. The number of Topliss-reactive ketones (excluding diaryl/α,β-unsaturated/α-hetero) is 1. The van der Waals surface area contributed by atoms with Crippen molar-refractivity contribution in [3.63, 3.8) is 0 Å². The van der Waals surface area contributed by atoms with E-state index in [1.165, 1.54) is 12.1 Å². The van der Waals surface area contributed by atoms with Gasteiger partial charge in [0.25, 0.3) is 0 Å². The molecule has 0 saturated heterocycles. The first-order valence-electron chi connectivity index (χ1n) is 10.4. The number of hydrogen-bond donors (Lipinski definition) is 3. The highest BCUT2D eigenvalue weighted by Gasteiger charge is 2.29. The first kappa shape index (κ1) is 20.7. The lowest BCUT2D eigenvalue weighted by atomic mass is 9.85. The number of hydrogen-bond acceptors (Lipinski definition) is 6. The van der Waals surface area contributed by atoms with Crippen molar-refractivity contribution in [2.24, 2.45) is 0 Å². The fourth-order valence-electron chi connectivity index (χ4n) is 4.32. The molecule has 31 heavy (non-hydrogen) atoms. The molecular formula is C25H24O6. The van der Waals surface area contributed by atoms with Gasteiger partial charge in [0.2, 0.25) is 11.2 Å². The van der Waals surface area contributed by atoms with Crippen molar-refractivity contribution < 1.29 is 24.5 Å². The van der Waals surface area contributed by atoms with Crippen molar-refractivity contribution in [1.82, 2.24) is 0 Å². The third-order valence-corrected chi connectivity index (χ3v) is 5.93. The van der Waals surface area contributed by atoms with E-state index in [1.54, 1.807) is 12.1 Å². The Balaban J connectivity index is 1.99. The summed E-state index contributed by atoms with van der Waals surface area (Å²) in [5, 5.41) is 30.9. The monoisotopic (exact) mass is 420 g/mol. The summed E-state index contributed by atoms with van der Waals surface area (Å²) in [5.74, 6) is -0.546. The maximum absolute atomic E-state index is 12.2. The van der Waals surface area contributed by atoms with Gasteiger partial charge in [-0.05, 0) is 36.5 Å². The summed E-state index contributed by atoms with van der Waals surface area (Å²) in [6, 6.07) is 7.94. The zero-order valence-corrected chi connectivity index (χ0v) is 17.4. The molecule has 0 fully saturated rings. The van der Waals surface area contributed by atoms with Crippen LogP contribution in [0.3, 0.4) is 0 Å². The molecule has 160 valence electrons. The minimum atomic E-state index is -0.604. The lowest BCUT2D eigenvalue weighted by Crippen LogP contribution is -2.14. The van der Waals surface area contributed by atoms with Crippen LogP contribution < -0.4 is 5.43 Å². The molecule has 6 heteroatoms. The van der Waals surface area contributed by atoms with Crippen LogP contribution in [0.1, 0.15) is 55.9 Å². The van der Waals surface area contributed by atoms with Gasteiger partial charge >= 0.3 is 0 Å². The molecule has 0 saturated carbocycles. The second-order valence-corrected chi connectivity index (χ2v) is 7.94. The van der Waals surface area contributed by atoms with Crippen LogP contribution in [0.25, 0.3) is 28.5 Å². The Hall–Kier alpha value is -3.54. The molecule has 0 bridgehead atoms. The van der Waals surface area contributed by atoms with Crippen LogP contribution >= 0.6 is 0 Å². The van der Waals surface area contributed by atoms with Crippen LogP contribution in [0.2, 0.25) is 0 Å². The molecule has 0 radical (unpaired) electrons. The molecule has 1 atom stereocenters. The van der Waals surface area contributed by atoms with E-state index in [-0.39, 0.29) is 23.7 Å². The number of fused-ring (bicyclic) bond motifs is 2. The van der Waals surface area contributed by atoms with Crippen LogP contribution in [0, 0.1) is 0 Å². The second kappa shape index (κ2) is 7.95. The van der Waals surface area contributed by atoms with Crippen molar-refractivity contribution in [3.8, 4) is 33.9 Å². The predicted molar refractivity (Wildman–Crippen MR) is 118 cm³/mol. The summed E-state index contributed by atoms with van der Waals surface area (Å²) in [5.41, 5.74) is 2.28. The first-order chi connectivity index (χ1) is 14.8. The zero-order valence-electron chi connectivity index (χ0n) is 17.4. The molecule has 1 heterocycles. The van der Waals surface area contributed by atoms with Gasteiger partial charge in [0.05, 0.1) is 0 Å². The van der Waals surface area contributed by atoms with E-state index in [0.717, 1.165) is 30.9 Å². The summed E-state index contributed by atoms with van der Waals surface area (Å²) in [7, 11) is 0. The Kier molecular flexibility index (Phi) is 5.31. The van der Waals surface area contributed by atoms with Crippen LogP contribution in [0.15, 0.2) is 45.3 Å². The highest BCUT2D eigenvalue weighted by molar-refractivity contribution is 6.04. The molecule has 3 N–H and O–H groups in total. The molecule has 1 aromatic carbocycles. The molecule has 2 aliphatic carbocycles. The fraction of sp³-hybridized carbons (Fsp3) is 0.280. The maximum atomic E-state index is 12.2. The quantitative estimate of drug-likeness (QED) is 0.527. The van der Waals surface area contributed by atoms with Crippen LogP contribution in [0.5, 0.6) is 11.5 Å². The highest BCUT2D eigenvalue weighted by atomic mass is 16.3. The fourth-order valence-corrected chi connectivity index (χ4v) is 4.32. The number of aliphatic hydroxyl groups excluding tert-OH is 1. The van der Waals surface area contributed by atoms with Gasteiger partial charge < -0.3 is 19.7 Å². The number of benzene rings is 2. The lowest BCUT2D eigenvalue weighted by Gasteiger charge is -2.22. The second-order valence-electron chi connectivity index (χ2n) is 7.94. The number of allylic oxidation sites excluding steroid dienone is 1. The van der Waals surface area contributed by atoms with Crippen molar-refractivity contribution in [2.45, 2.75) is 45.4 Å². The Morgan fingerprint density at radius 2 is 1.77 bits per heavy atom. The van der Waals surface area contributed by atoms with E-state index in [1.807, 2.05) is 6.07 Å². The maximum Gasteiger partial charge on any atom is 0.223 e. The Morgan fingerprint density at radius 3 is 2.45 bits per heavy atom. The summed E-state index contributed by atoms with van der Waals surface area (Å²) in [6.45, 7) is 4.24. The van der Waals surface area contributed by atoms with Crippen molar-refractivity contribution in [3.05, 3.63) is 63.2 Å². The minimum absolute atomic E-state index is 0.0404. The number of rotatable bonds is 5. The number of carbonyl (C=O) groups excluding carboxylic acids is 1. The molecule has 1 aromatic rings. The highest BCUT2D eigenvalue weighted by Crippen LogP contribution is 2.45. The summed E-state index contributed by atoms with van der Waals surface area (Å²) < 4.78 is 5.77. The Labute approximate surface area is 179 Å². The number of aliphatic hydroxyl groups is 1. The average molecular weight is 420 g/mol. The molecule has 0 amide bonds. The van der Waals surface area contributed by atoms with Gasteiger partial charge in [0.1, 0.15) is 17.3 Å². The summed E-state index contributed by atoms with van der Waals surface area (Å²) in [6.07, 6.45) is 4.10. The van der Waals surface area contributed by atoms with Gasteiger partial charge in [-0.15, -0.1) is 0 Å². The SMILES string of the molecule is CCCC(CC)c1ccc(-c2c3cc(O)c(=O)cc-3oc3c2CC(=O)C(O)=C3)c(O)c1. The third-order valence-electron chi connectivity index (χ3n) is 5.93. The van der Waals surface area contributed by atoms with Crippen molar-refractivity contribution >= 4 is 11.9 Å². The summed E-state index contributed by atoms with van der Waals surface area (Å²) in [4.78, 5) is 24.2. The van der Waals surface area contributed by atoms with Gasteiger partial charge in [0, 0.05) is 40.8 Å². The van der Waals surface area contributed by atoms with Gasteiger partial charge in [-0.3, -0.25) is 9.59 Å². The molecule has 1 aliphatic heterocycles. The van der Waals surface area contributed by atoms with E-state index < -0.39 is 22.7 Å². The van der Waals surface area contributed by atoms with E-state index in [4.69, 9.17) is 4.42 Å². The van der Waals surface area contributed by atoms with Crippen LogP contribution in [-0.4, -0.2) is 21.1 Å². The smallest absolute Gasteiger partial charge is 0.223 e. The van der Waals surface area contributed by atoms with Crippen molar-refractivity contribution in [2.75, 3.05) is 0 Å². The standard InChI is InChI=1S/C25H24O6/c1-3-5-13(4-2)14-6-7-15(18(26)8-14)25-16-9-19(27)21(29)11-23(16)31-24-12-22(30)20(28)10-17(24)25/h6-9,11-13,26-27,30H,3-5,10H2,1-2H3. The summed E-state index contributed by atoms with van der Waals surface area (Å²) >= 11 is 0. The molecule has 1 unspecified atom stereocenters. The van der Waals surface area contributed by atoms with Gasteiger partial charge in [-0.25, -0.2) is 0 Å². The van der Waals surface area contributed by atoms with Crippen LogP contribution in [0.4, 0.5) is 0 Å². The number of carbonyl (C=O) groups is 1. The van der Waals surface area contributed by atoms with E-state index >= 15 is 0 Å². The average Bonchev–Trinajstić information content (AvgIpc) is 2.73. The minimum Gasteiger partial charge on any atom is -0.507 e. The van der Waals surface area contributed by atoms with E-state index in [0.29, 0.717) is 28.2 Å². The molecule has 0 spiro atoms. The Bertz CT molecular complexity index is 1230. The first-order valence-corrected chi connectivity index (χ1v) is 10.4. The Morgan fingerprint density at radius 1 is 1.00 bits per heavy atom. The lowest BCUT2D eigenvalue weighted by molar-refractivity contribution is -0.117. The molecule has 4 rings (SSSR count). The third kappa shape index (κ3) is 3.58. The van der Waals surface area contributed by atoms with Crippen LogP contribution in [-0.2, 0) is 11.2 Å². The molecule has 6 nitrogen and oxygen atoms in total. The van der Waals surface area contributed by atoms with E-state index in [9.17, 15) is 24.9 Å². The molecular weight excluding hydrogens is 396 g/mol. The molecule has 0 aromatic heterocycles. The van der Waals surface area contributed by atoms with Gasteiger partial charge in [-0.2, -0.15) is 0 Å². The van der Waals surface area contributed by atoms with Crippen molar-refractivity contribution in [1.29, 1.82) is 0 Å². The normalized spacial score (nSPS) is 14.4. The zero-order chi connectivity index (χ0) is 22.3. The number of phenols is 2. The largest absolute Gasteiger partial charge is 0.507 e. The van der Waals surface area contributed by atoms with E-state index in [2.05, 4.69) is 13.8 Å². The number of aromatic hydroxyl groups is 2.